The van der Waals surface area contributed by atoms with Gasteiger partial charge in [0.05, 0.1) is 0 Å². The van der Waals surface area contributed by atoms with Crippen molar-refractivity contribution in [3.8, 4) is 0 Å². The van der Waals surface area contributed by atoms with Crippen molar-refractivity contribution in [2.45, 2.75) is 72.4 Å². The van der Waals surface area contributed by atoms with E-state index < -0.39 is 0 Å². The molecule has 0 saturated carbocycles. The molecule has 1 heterocycles. The Morgan fingerprint density at radius 1 is 1.24 bits per heavy atom. The molecule has 1 unspecified atom stereocenters. The topological polar surface area (TPSA) is 15.3 Å². The molecule has 102 valence electrons. The van der Waals surface area contributed by atoms with Gasteiger partial charge in [-0.2, -0.15) is 0 Å². The minimum Gasteiger partial charge on any atom is -0.309 e. The molecule has 1 atom stereocenters. The Morgan fingerprint density at radius 3 is 2.41 bits per heavy atom. The third-order valence-corrected chi connectivity index (χ3v) is 3.86. The largest absolute Gasteiger partial charge is 0.309 e. The molecule has 1 N–H and O–H groups in total. The van der Waals surface area contributed by atoms with Gasteiger partial charge in [-0.05, 0) is 32.2 Å². The van der Waals surface area contributed by atoms with Crippen LogP contribution in [0.3, 0.4) is 0 Å². The Morgan fingerprint density at radius 2 is 1.88 bits per heavy atom. The second kappa shape index (κ2) is 5.71. The van der Waals surface area contributed by atoms with Crippen LogP contribution in [0, 0.1) is 5.41 Å². The second-order valence-electron chi connectivity index (χ2n) is 7.32. The summed E-state index contributed by atoms with van der Waals surface area (Å²) in [5.74, 6) is 0. The van der Waals surface area contributed by atoms with Crippen LogP contribution in [-0.2, 0) is 0 Å². The Balaban J connectivity index is 2.62. The first-order valence-corrected chi connectivity index (χ1v) is 7.25. The van der Waals surface area contributed by atoms with Gasteiger partial charge in [-0.25, -0.2) is 0 Å². The number of nitrogens with zero attached hydrogens (tertiary/aromatic N) is 1. The van der Waals surface area contributed by atoms with Crippen molar-refractivity contribution in [2.75, 3.05) is 19.6 Å². The standard InChI is InChI=1S/C15H32N2/c1-7-8-9-10-17-12-15(5,6)16-11-13(17)14(2,3)4/h13,16H,7-12H2,1-6H3. The van der Waals surface area contributed by atoms with Crippen LogP contribution in [0.4, 0.5) is 0 Å². The van der Waals surface area contributed by atoms with Crippen molar-refractivity contribution in [1.82, 2.24) is 10.2 Å². The van der Waals surface area contributed by atoms with Gasteiger partial charge in [-0.15, -0.1) is 0 Å². The lowest BCUT2D eigenvalue weighted by molar-refractivity contribution is 0.0321. The number of piperazine rings is 1. The first-order valence-electron chi connectivity index (χ1n) is 7.25. The molecular formula is C15H32N2. The highest BCUT2D eigenvalue weighted by atomic mass is 15.3. The van der Waals surface area contributed by atoms with Gasteiger partial charge in [0.15, 0.2) is 0 Å². The van der Waals surface area contributed by atoms with Gasteiger partial charge in [0.25, 0.3) is 0 Å². The molecule has 0 radical (unpaired) electrons. The molecule has 1 aliphatic rings. The summed E-state index contributed by atoms with van der Waals surface area (Å²) >= 11 is 0. The highest BCUT2D eigenvalue weighted by Gasteiger charge is 2.37. The molecule has 1 saturated heterocycles. The Bertz CT molecular complexity index is 228. The minimum atomic E-state index is 0.272. The molecule has 17 heavy (non-hydrogen) atoms. The zero-order valence-corrected chi connectivity index (χ0v) is 12.8. The van der Waals surface area contributed by atoms with E-state index >= 15 is 0 Å². The lowest BCUT2D eigenvalue weighted by atomic mass is 9.82. The summed E-state index contributed by atoms with van der Waals surface area (Å²) in [5, 5.41) is 3.69. The summed E-state index contributed by atoms with van der Waals surface area (Å²) in [4.78, 5) is 2.71. The van der Waals surface area contributed by atoms with Gasteiger partial charge in [-0.1, -0.05) is 40.5 Å². The SMILES string of the molecule is CCCCCN1CC(C)(C)NCC1C(C)(C)C. The number of hydrogen-bond acceptors (Lipinski definition) is 2. The van der Waals surface area contributed by atoms with E-state index in [0.717, 1.165) is 6.54 Å². The fourth-order valence-electron chi connectivity index (χ4n) is 2.83. The predicted molar refractivity (Wildman–Crippen MR) is 76.4 cm³/mol. The van der Waals surface area contributed by atoms with Crippen LogP contribution in [-0.4, -0.2) is 36.1 Å². The molecule has 0 aliphatic carbocycles. The lowest BCUT2D eigenvalue weighted by Crippen LogP contribution is -2.64. The van der Waals surface area contributed by atoms with Crippen LogP contribution in [0.5, 0.6) is 0 Å². The minimum absolute atomic E-state index is 0.272. The Kier molecular flexibility index (Phi) is 5.03. The maximum Gasteiger partial charge on any atom is 0.0270 e. The van der Waals surface area contributed by atoms with E-state index in [1.54, 1.807) is 0 Å². The predicted octanol–water partition coefficient (Wildman–Crippen LogP) is 3.28. The van der Waals surface area contributed by atoms with Crippen molar-refractivity contribution in [2.24, 2.45) is 5.41 Å². The lowest BCUT2D eigenvalue weighted by Gasteiger charge is -2.49. The third kappa shape index (κ3) is 4.59. The maximum atomic E-state index is 3.69. The third-order valence-electron chi connectivity index (χ3n) is 3.86. The van der Waals surface area contributed by atoms with Gasteiger partial charge >= 0.3 is 0 Å². The molecule has 1 aliphatic heterocycles. The number of hydrogen-bond donors (Lipinski definition) is 1. The van der Waals surface area contributed by atoms with Crippen molar-refractivity contribution in [3.05, 3.63) is 0 Å². The molecule has 2 nitrogen and oxygen atoms in total. The van der Waals surface area contributed by atoms with Crippen LogP contribution in [0.2, 0.25) is 0 Å². The first kappa shape index (κ1) is 15.0. The van der Waals surface area contributed by atoms with E-state index in [1.165, 1.54) is 32.4 Å². The Labute approximate surface area is 108 Å². The average Bonchev–Trinajstić information content (AvgIpc) is 2.14. The normalized spacial score (nSPS) is 26.1. The number of rotatable bonds is 4. The van der Waals surface area contributed by atoms with Crippen molar-refractivity contribution in [3.63, 3.8) is 0 Å². The van der Waals surface area contributed by atoms with Crippen LogP contribution in [0.15, 0.2) is 0 Å². The van der Waals surface area contributed by atoms with Crippen LogP contribution < -0.4 is 5.32 Å². The monoisotopic (exact) mass is 240 g/mol. The van der Waals surface area contributed by atoms with E-state index in [-0.39, 0.29) is 5.54 Å². The van der Waals surface area contributed by atoms with Crippen molar-refractivity contribution < 1.29 is 0 Å². The van der Waals surface area contributed by atoms with Gasteiger partial charge in [0.1, 0.15) is 0 Å². The number of unbranched alkanes of at least 4 members (excludes halogenated alkanes) is 2. The van der Waals surface area contributed by atoms with Gasteiger partial charge < -0.3 is 5.32 Å². The quantitative estimate of drug-likeness (QED) is 0.759. The van der Waals surface area contributed by atoms with Crippen LogP contribution >= 0.6 is 0 Å². The summed E-state index contributed by atoms with van der Waals surface area (Å²) < 4.78 is 0. The molecule has 2 heteroatoms. The summed E-state index contributed by atoms with van der Waals surface area (Å²) in [6.45, 7) is 17.6. The second-order valence-corrected chi connectivity index (χ2v) is 7.32. The van der Waals surface area contributed by atoms with Gasteiger partial charge in [0, 0.05) is 24.7 Å². The molecule has 0 bridgehead atoms. The summed E-state index contributed by atoms with van der Waals surface area (Å²) in [5.41, 5.74) is 0.643. The molecule has 0 aromatic carbocycles. The fourth-order valence-corrected chi connectivity index (χ4v) is 2.83. The molecule has 1 fully saturated rings. The fraction of sp³-hybridized carbons (Fsp3) is 1.00. The summed E-state index contributed by atoms with van der Waals surface area (Å²) in [6.07, 6.45) is 4.02. The summed E-state index contributed by atoms with van der Waals surface area (Å²) in [7, 11) is 0. The molecule has 1 rings (SSSR count). The molecule has 0 spiro atoms. The maximum absolute atomic E-state index is 3.69. The van der Waals surface area contributed by atoms with Gasteiger partial charge in [0.2, 0.25) is 0 Å². The molecular weight excluding hydrogens is 208 g/mol. The average molecular weight is 240 g/mol. The number of nitrogens with one attached hydrogen (secondary N) is 1. The van der Waals surface area contributed by atoms with Crippen LogP contribution in [0.1, 0.15) is 60.8 Å². The highest BCUT2D eigenvalue weighted by Crippen LogP contribution is 2.28. The summed E-state index contributed by atoms with van der Waals surface area (Å²) in [6, 6.07) is 0.674. The van der Waals surface area contributed by atoms with E-state index in [9.17, 15) is 0 Å². The van der Waals surface area contributed by atoms with Crippen molar-refractivity contribution in [1.29, 1.82) is 0 Å². The van der Waals surface area contributed by atoms with Crippen molar-refractivity contribution >= 4 is 0 Å². The smallest absolute Gasteiger partial charge is 0.0270 e. The molecule has 0 amide bonds. The first-order chi connectivity index (χ1) is 7.76. The Hall–Kier alpha value is -0.0800. The highest BCUT2D eigenvalue weighted by molar-refractivity contribution is 4.96. The zero-order valence-electron chi connectivity index (χ0n) is 12.8. The zero-order chi connectivity index (χ0) is 13.1. The van der Waals surface area contributed by atoms with E-state index in [0.29, 0.717) is 11.5 Å². The molecule has 0 aromatic rings. The van der Waals surface area contributed by atoms with E-state index in [1.807, 2.05) is 0 Å². The van der Waals surface area contributed by atoms with E-state index in [4.69, 9.17) is 0 Å². The molecule has 0 aromatic heterocycles. The van der Waals surface area contributed by atoms with Gasteiger partial charge in [-0.3, -0.25) is 4.90 Å². The van der Waals surface area contributed by atoms with Crippen LogP contribution in [0.25, 0.3) is 0 Å². The van der Waals surface area contributed by atoms with E-state index in [2.05, 4.69) is 51.8 Å².